The van der Waals surface area contributed by atoms with Crippen molar-refractivity contribution >= 4 is 30.7 Å². The van der Waals surface area contributed by atoms with Crippen molar-refractivity contribution in [3.05, 3.63) is 0 Å². The SMILES string of the molecule is CC(C)(C)CCN1CCN(C(=O)[C@@H](N)C(C)(C)C)CC1.Cl.Cl. The standard InChI is InChI=1S/C16H33N3O.2ClH/c1-15(2,3)7-8-18-9-11-19(12-10-18)14(20)13(17)16(4,5)6;;/h13H,7-12,17H2,1-6H3;2*1H/t13-;;/m1../s1. The average molecular weight is 356 g/mol. The number of nitrogens with zero attached hydrogens (tertiary/aromatic N) is 2. The van der Waals surface area contributed by atoms with Gasteiger partial charge in [-0.3, -0.25) is 9.69 Å². The first-order chi connectivity index (χ1) is 9.00. The molecular formula is C16H35Cl2N3O. The van der Waals surface area contributed by atoms with Crippen LogP contribution >= 0.6 is 24.8 Å². The van der Waals surface area contributed by atoms with E-state index in [1.165, 1.54) is 6.42 Å². The smallest absolute Gasteiger partial charge is 0.240 e. The molecule has 0 aromatic carbocycles. The molecule has 22 heavy (non-hydrogen) atoms. The number of hydrogen-bond donors (Lipinski definition) is 1. The van der Waals surface area contributed by atoms with Gasteiger partial charge in [-0.2, -0.15) is 0 Å². The first-order valence-electron chi connectivity index (χ1n) is 7.77. The fourth-order valence-electron chi connectivity index (χ4n) is 2.25. The maximum atomic E-state index is 12.4. The van der Waals surface area contributed by atoms with Crippen LogP contribution in [0, 0.1) is 10.8 Å². The van der Waals surface area contributed by atoms with Gasteiger partial charge in [0.1, 0.15) is 0 Å². The zero-order chi connectivity index (χ0) is 15.6. The lowest BCUT2D eigenvalue weighted by molar-refractivity contribution is -0.136. The van der Waals surface area contributed by atoms with Gasteiger partial charge in [0.15, 0.2) is 0 Å². The summed E-state index contributed by atoms with van der Waals surface area (Å²) in [6.07, 6.45) is 1.20. The molecule has 0 spiro atoms. The van der Waals surface area contributed by atoms with Gasteiger partial charge in [0, 0.05) is 26.2 Å². The minimum absolute atomic E-state index is 0. The third kappa shape index (κ3) is 8.00. The van der Waals surface area contributed by atoms with Crippen LogP contribution in [0.5, 0.6) is 0 Å². The number of amides is 1. The molecule has 1 atom stereocenters. The predicted octanol–water partition coefficient (Wildman–Crippen LogP) is 2.78. The zero-order valence-corrected chi connectivity index (χ0v) is 16.6. The number of nitrogens with two attached hydrogens (primary N) is 1. The Morgan fingerprint density at radius 1 is 1.00 bits per heavy atom. The molecule has 0 saturated carbocycles. The molecule has 1 fully saturated rings. The van der Waals surface area contributed by atoms with Gasteiger partial charge in [-0.05, 0) is 23.8 Å². The highest BCUT2D eigenvalue weighted by molar-refractivity contribution is 5.85. The van der Waals surface area contributed by atoms with Crippen molar-refractivity contribution < 1.29 is 4.79 Å². The Balaban J connectivity index is 0. The summed E-state index contributed by atoms with van der Waals surface area (Å²) >= 11 is 0. The van der Waals surface area contributed by atoms with Crippen molar-refractivity contribution in [1.29, 1.82) is 0 Å². The molecule has 0 aromatic rings. The Morgan fingerprint density at radius 3 is 1.82 bits per heavy atom. The summed E-state index contributed by atoms with van der Waals surface area (Å²) < 4.78 is 0. The third-order valence-electron chi connectivity index (χ3n) is 4.06. The molecular weight excluding hydrogens is 321 g/mol. The molecule has 0 aliphatic carbocycles. The Bertz CT molecular complexity index is 329. The predicted molar refractivity (Wildman–Crippen MR) is 99.0 cm³/mol. The van der Waals surface area contributed by atoms with Crippen molar-refractivity contribution in [1.82, 2.24) is 9.80 Å². The van der Waals surface area contributed by atoms with Crippen molar-refractivity contribution in [2.45, 2.75) is 54.0 Å². The van der Waals surface area contributed by atoms with Crippen LogP contribution in [0.1, 0.15) is 48.0 Å². The molecule has 1 amide bonds. The highest BCUT2D eigenvalue weighted by Crippen LogP contribution is 2.21. The van der Waals surface area contributed by atoms with Crippen LogP contribution in [0.2, 0.25) is 0 Å². The summed E-state index contributed by atoms with van der Waals surface area (Å²) in [6, 6.07) is -0.399. The first kappa shape index (κ1) is 24.2. The highest BCUT2D eigenvalue weighted by atomic mass is 35.5. The Labute approximate surface area is 149 Å². The summed E-state index contributed by atoms with van der Waals surface area (Å²) in [4.78, 5) is 16.7. The van der Waals surface area contributed by atoms with Gasteiger partial charge in [-0.25, -0.2) is 0 Å². The van der Waals surface area contributed by atoms with E-state index in [9.17, 15) is 4.79 Å². The summed E-state index contributed by atoms with van der Waals surface area (Å²) in [5.74, 6) is 0.105. The highest BCUT2D eigenvalue weighted by Gasteiger charge is 2.32. The minimum Gasteiger partial charge on any atom is -0.339 e. The van der Waals surface area contributed by atoms with Crippen LogP contribution in [-0.2, 0) is 4.79 Å². The van der Waals surface area contributed by atoms with Crippen LogP contribution in [0.4, 0.5) is 0 Å². The van der Waals surface area contributed by atoms with Gasteiger partial charge in [-0.15, -0.1) is 24.8 Å². The van der Waals surface area contributed by atoms with Gasteiger partial charge >= 0.3 is 0 Å². The van der Waals surface area contributed by atoms with E-state index in [0.717, 1.165) is 32.7 Å². The van der Waals surface area contributed by atoms with E-state index in [1.54, 1.807) is 0 Å². The fraction of sp³-hybridized carbons (Fsp3) is 0.938. The van der Waals surface area contributed by atoms with Gasteiger partial charge in [0.2, 0.25) is 5.91 Å². The number of carbonyl (C=O) groups is 1. The first-order valence-corrected chi connectivity index (χ1v) is 7.77. The lowest BCUT2D eigenvalue weighted by atomic mass is 9.86. The summed E-state index contributed by atoms with van der Waals surface area (Å²) in [5.41, 5.74) is 6.28. The average Bonchev–Trinajstić information content (AvgIpc) is 2.33. The second-order valence-corrected chi connectivity index (χ2v) is 8.32. The molecule has 0 bridgehead atoms. The Morgan fingerprint density at radius 2 is 1.45 bits per heavy atom. The Kier molecular flexibility index (Phi) is 10.3. The van der Waals surface area contributed by atoms with Crippen LogP contribution in [0.3, 0.4) is 0 Å². The summed E-state index contributed by atoms with van der Waals surface area (Å²) in [7, 11) is 0. The number of piperazine rings is 1. The lowest BCUT2D eigenvalue weighted by Crippen LogP contribution is -2.56. The molecule has 6 heteroatoms. The summed E-state index contributed by atoms with van der Waals surface area (Å²) in [6.45, 7) is 17.6. The van der Waals surface area contributed by atoms with Gasteiger partial charge in [0.25, 0.3) is 0 Å². The normalized spacial score (nSPS) is 18.2. The molecule has 1 saturated heterocycles. The lowest BCUT2D eigenvalue weighted by Gasteiger charge is -2.38. The van der Waals surface area contributed by atoms with E-state index in [1.807, 2.05) is 25.7 Å². The van der Waals surface area contributed by atoms with Gasteiger partial charge in [0.05, 0.1) is 6.04 Å². The topological polar surface area (TPSA) is 49.6 Å². The van der Waals surface area contributed by atoms with Crippen LogP contribution in [0.15, 0.2) is 0 Å². The molecule has 0 radical (unpaired) electrons. The fourth-order valence-corrected chi connectivity index (χ4v) is 2.25. The maximum absolute atomic E-state index is 12.4. The van der Waals surface area contributed by atoms with Crippen LogP contribution in [-0.4, -0.2) is 54.5 Å². The quantitative estimate of drug-likeness (QED) is 0.846. The van der Waals surface area contributed by atoms with Crippen LogP contribution < -0.4 is 5.73 Å². The molecule has 1 rings (SSSR count). The van der Waals surface area contributed by atoms with Crippen LogP contribution in [0.25, 0.3) is 0 Å². The number of halogens is 2. The van der Waals surface area contributed by atoms with Gasteiger partial charge in [-0.1, -0.05) is 41.5 Å². The molecule has 1 aliphatic heterocycles. The van der Waals surface area contributed by atoms with E-state index < -0.39 is 6.04 Å². The summed E-state index contributed by atoms with van der Waals surface area (Å²) in [5, 5.41) is 0. The van der Waals surface area contributed by atoms with E-state index in [-0.39, 0.29) is 36.1 Å². The van der Waals surface area contributed by atoms with Crippen molar-refractivity contribution in [2.24, 2.45) is 16.6 Å². The molecule has 134 valence electrons. The van der Waals surface area contributed by atoms with Crippen molar-refractivity contribution in [3.8, 4) is 0 Å². The zero-order valence-electron chi connectivity index (χ0n) is 15.0. The molecule has 2 N–H and O–H groups in total. The van der Waals surface area contributed by atoms with E-state index in [2.05, 4.69) is 25.7 Å². The minimum atomic E-state index is -0.399. The van der Waals surface area contributed by atoms with E-state index in [0.29, 0.717) is 5.41 Å². The Hall–Kier alpha value is -0.0300. The number of carbonyl (C=O) groups excluding carboxylic acids is 1. The second-order valence-electron chi connectivity index (χ2n) is 8.32. The largest absolute Gasteiger partial charge is 0.339 e. The monoisotopic (exact) mass is 355 g/mol. The molecule has 4 nitrogen and oxygen atoms in total. The molecule has 1 aliphatic rings. The maximum Gasteiger partial charge on any atom is 0.240 e. The molecule has 1 heterocycles. The van der Waals surface area contributed by atoms with Crippen molar-refractivity contribution in [2.75, 3.05) is 32.7 Å². The second kappa shape index (κ2) is 9.31. The number of rotatable bonds is 3. The van der Waals surface area contributed by atoms with E-state index >= 15 is 0 Å². The van der Waals surface area contributed by atoms with Gasteiger partial charge < -0.3 is 10.6 Å². The van der Waals surface area contributed by atoms with Crippen molar-refractivity contribution in [3.63, 3.8) is 0 Å². The van der Waals surface area contributed by atoms with E-state index in [4.69, 9.17) is 5.73 Å². The molecule has 0 unspecified atom stereocenters. The number of hydrogen-bond acceptors (Lipinski definition) is 3. The molecule has 0 aromatic heterocycles. The third-order valence-corrected chi connectivity index (χ3v) is 4.06.